The molecule has 0 saturated carbocycles. The maximum atomic E-state index is 12.5. The number of unbranched alkanes of at least 4 members (excludes halogenated alkanes) is 1. The SMILES string of the molecule is CCCC[C@H](N)C(=O)Nc1ccc(F)nc1. The Hall–Kier alpha value is -1.49. The highest BCUT2D eigenvalue weighted by Gasteiger charge is 2.12. The van der Waals surface area contributed by atoms with Crippen molar-refractivity contribution in [1.29, 1.82) is 0 Å². The van der Waals surface area contributed by atoms with Gasteiger partial charge in [0, 0.05) is 0 Å². The standard InChI is InChI=1S/C11H16FN3O/c1-2-3-4-9(13)11(16)15-8-5-6-10(12)14-7-8/h5-7,9H,2-4,13H2,1H3,(H,15,16)/t9-/m0/s1. The van der Waals surface area contributed by atoms with Crippen LogP contribution in [-0.2, 0) is 4.79 Å². The molecule has 0 aliphatic rings. The third-order valence-corrected chi connectivity index (χ3v) is 2.20. The van der Waals surface area contributed by atoms with Crippen molar-refractivity contribution in [3.05, 3.63) is 24.3 Å². The molecular weight excluding hydrogens is 209 g/mol. The second-order valence-corrected chi connectivity index (χ2v) is 3.61. The van der Waals surface area contributed by atoms with Crippen molar-refractivity contribution in [3.63, 3.8) is 0 Å². The van der Waals surface area contributed by atoms with Crippen LogP contribution in [0.15, 0.2) is 18.3 Å². The minimum Gasteiger partial charge on any atom is -0.323 e. The number of carbonyl (C=O) groups is 1. The Morgan fingerprint density at radius 1 is 1.62 bits per heavy atom. The van der Waals surface area contributed by atoms with Crippen LogP contribution in [0.1, 0.15) is 26.2 Å². The highest BCUT2D eigenvalue weighted by atomic mass is 19.1. The molecular formula is C11H16FN3O. The Bertz CT molecular complexity index is 340. The molecule has 1 heterocycles. The molecule has 1 aromatic rings. The van der Waals surface area contributed by atoms with Crippen molar-refractivity contribution < 1.29 is 9.18 Å². The molecule has 16 heavy (non-hydrogen) atoms. The van der Waals surface area contributed by atoms with E-state index >= 15 is 0 Å². The third-order valence-electron chi connectivity index (χ3n) is 2.20. The summed E-state index contributed by atoms with van der Waals surface area (Å²) in [5.41, 5.74) is 6.13. The summed E-state index contributed by atoms with van der Waals surface area (Å²) in [7, 11) is 0. The Labute approximate surface area is 94.1 Å². The number of aromatic nitrogens is 1. The molecule has 3 N–H and O–H groups in total. The molecule has 0 aliphatic carbocycles. The van der Waals surface area contributed by atoms with Crippen molar-refractivity contribution in [2.24, 2.45) is 5.73 Å². The van der Waals surface area contributed by atoms with Gasteiger partial charge in [0.1, 0.15) is 0 Å². The summed E-state index contributed by atoms with van der Waals surface area (Å²) in [6.45, 7) is 2.04. The van der Waals surface area contributed by atoms with E-state index in [1.54, 1.807) is 0 Å². The van der Waals surface area contributed by atoms with Crippen molar-refractivity contribution in [3.8, 4) is 0 Å². The molecule has 0 aliphatic heterocycles. The van der Waals surface area contributed by atoms with Gasteiger partial charge in [-0.1, -0.05) is 19.8 Å². The molecule has 5 heteroatoms. The topological polar surface area (TPSA) is 68.0 Å². The van der Waals surface area contributed by atoms with Crippen molar-refractivity contribution in [2.75, 3.05) is 5.32 Å². The van der Waals surface area contributed by atoms with Crippen LogP contribution in [0.4, 0.5) is 10.1 Å². The van der Waals surface area contributed by atoms with Gasteiger partial charge in [-0.2, -0.15) is 4.39 Å². The third kappa shape index (κ3) is 3.94. The number of nitrogens with two attached hydrogens (primary N) is 1. The molecule has 4 nitrogen and oxygen atoms in total. The number of nitrogens with one attached hydrogen (secondary N) is 1. The zero-order chi connectivity index (χ0) is 12.0. The maximum Gasteiger partial charge on any atom is 0.241 e. The average Bonchev–Trinajstić information content (AvgIpc) is 2.29. The molecule has 0 radical (unpaired) electrons. The fraction of sp³-hybridized carbons (Fsp3) is 0.455. The quantitative estimate of drug-likeness (QED) is 0.749. The van der Waals surface area contributed by atoms with Crippen LogP contribution in [-0.4, -0.2) is 16.9 Å². The van der Waals surface area contributed by atoms with Crippen LogP contribution in [0.25, 0.3) is 0 Å². The Kier molecular flexibility index (Phi) is 4.85. The number of hydrogen-bond donors (Lipinski definition) is 2. The fourth-order valence-corrected chi connectivity index (χ4v) is 1.24. The van der Waals surface area contributed by atoms with Crippen molar-refractivity contribution in [1.82, 2.24) is 4.98 Å². The van der Waals surface area contributed by atoms with Gasteiger partial charge < -0.3 is 11.1 Å². The zero-order valence-corrected chi connectivity index (χ0v) is 9.24. The normalized spacial score (nSPS) is 12.2. The number of halogens is 1. The van der Waals surface area contributed by atoms with Gasteiger partial charge in [-0.3, -0.25) is 4.79 Å². The van der Waals surface area contributed by atoms with Crippen LogP contribution >= 0.6 is 0 Å². The minimum absolute atomic E-state index is 0.262. The maximum absolute atomic E-state index is 12.5. The number of rotatable bonds is 5. The van der Waals surface area contributed by atoms with Gasteiger partial charge in [0.15, 0.2) is 0 Å². The van der Waals surface area contributed by atoms with E-state index in [1.807, 2.05) is 6.92 Å². The molecule has 0 unspecified atom stereocenters. The van der Waals surface area contributed by atoms with Crippen LogP contribution in [0, 0.1) is 5.95 Å². The van der Waals surface area contributed by atoms with E-state index in [9.17, 15) is 9.18 Å². The highest BCUT2D eigenvalue weighted by molar-refractivity contribution is 5.94. The lowest BCUT2D eigenvalue weighted by Gasteiger charge is -2.11. The van der Waals surface area contributed by atoms with Gasteiger partial charge in [0.05, 0.1) is 17.9 Å². The van der Waals surface area contributed by atoms with E-state index in [-0.39, 0.29) is 5.91 Å². The van der Waals surface area contributed by atoms with Gasteiger partial charge >= 0.3 is 0 Å². The lowest BCUT2D eigenvalue weighted by molar-refractivity contribution is -0.117. The molecule has 1 aromatic heterocycles. The molecule has 0 fully saturated rings. The van der Waals surface area contributed by atoms with Crippen molar-refractivity contribution in [2.45, 2.75) is 32.2 Å². The van der Waals surface area contributed by atoms with E-state index in [4.69, 9.17) is 5.73 Å². The summed E-state index contributed by atoms with van der Waals surface area (Å²) >= 11 is 0. The summed E-state index contributed by atoms with van der Waals surface area (Å²) in [5.74, 6) is -0.838. The summed E-state index contributed by atoms with van der Waals surface area (Å²) < 4.78 is 12.5. The average molecular weight is 225 g/mol. The first-order chi connectivity index (χ1) is 7.63. The summed E-state index contributed by atoms with van der Waals surface area (Å²) in [6, 6.07) is 2.12. The first kappa shape index (κ1) is 12.6. The summed E-state index contributed by atoms with van der Waals surface area (Å²) in [5, 5.41) is 2.58. The molecule has 1 atom stereocenters. The molecule has 1 amide bonds. The molecule has 0 spiro atoms. The van der Waals surface area contributed by atoms with E-state index < -0.39 is 12.0 Å². The molecule has 0 saturated heterocycles. The predicted octanol–water partition coefficient (Wildman–Crippen LogP) is 1.68. The lowest BCUT2D eigenvalue weighted by atomic mass is 10.1. The smallest absolute Gasteiger partial charge is 0.241 e. The lowest BCUT2D eigenvalue weighted by Crippen LogP contribution is -2.35. The summed E-state index contributed by atoms with van der Waals surface area (Å²) in [4.78, 5) is 15.0. The number of hydrogen-bond acceptors (Lipinski definition) is 3. The van der Waals surface area contributed by atoms with E-state index in [1.165, 1.54) is 18.3 Å². The number of amides is 1. The number of nitrogens with zero attached hydrogens (tertiary/aromatic N) is 1. The Morgan fingerprint density at radius 2 is 2.38 bits per heavy atom. The number of pyridine rings is 1. The van der Waals surface area contributed by atoms with E-state index in [0.29, 0.717) is 12.1 Å². The van der Waals surface area contributed by atoms with Gasteiger partial charge in [0.2, 0.25) is 11.9 Å². The first-order valence-corrected chi connectivity index (χ1v) is 5.31. The van der Waals surface area contributed by atoms with Gasteiger partial charge in [-0.15, -0.1) is 0 Å². The minimum atomic E-state index is -0.576. The van der Waals surface area contributed by atoms with Crippen LogP contribution < -0.4 is 11.1 Å². The summed E-state index contributed by atoms with van der Waals surface area (Å²) in [6.07, 6.45) is 3.83. The molecule has 0 bridgehead atoms. The predicted molar refractivity (Wildman–Crippen MR) is 60.3 cm³/mol. The van der Waals surface area contributed by atoms with E-state index in [0.717, 1.165) is 12.8 Å². The van der Waals surface area contributed by atoms with Crippen LogP contribution in [0.2, 0.25) is 0 Å². The highest BCUT2D eigenvalue weighted by Crippen LogP contribution is 2.07. The monoisotopic (exact) mass is 225 g/mol. The van der Waals surface area contributed by atoms with Crippen LogP contribution in [0.5, 0.6) is 0 Å². The van der Waals surface area contributed by atoms with Gasteiger partial charge in [0.25, 0.3) is 0 Å². The second-order valence-electron chi connectivity index (χ2n) is 3.61. The van der Waals surface area contributed by atoms with Crippen LogP contribution in [0.3, 0.4) is 0 Å². The Morgan fingerprint density at radius 3 is 2.94 bits per heavy atom. The molecule has 1 rings (SSSR count). The number of anilines is 1. The van der Waals surface area contributed by atoms with Gasteiger partial charge in [-0.25, -0.2) is 4.98 Å². The largest absolute Gasteiger partial charge is 0.323 e. The Balaban J connectivity index is 2.47. The fourth-order valence-electron chi connectivity index (χ4n) is 1.24. The number of carbonyl (C=O) groups excluding carboxylic acids is 1. The molecule has 88 valence electrons. The van der Waals surface area contributed by atoms with E-state index in [2.05, 4.69) is 10.3 Å². The second kappa shape index (κ2) is 6.17. The van der Waals surface area contributed by atoms with Crippen molar-refractivity contribution >= 4 is 11.6 Å². The van der Waals surface area contributed by atoms with Gasteiger partial charge in [-0.05, 0) is 18.6 Å². The zero-order valence-electron chi connectivity index (χ0n) is 9.24. The first-order valence-electron chi connectivity index (χ1n) is 5.31. The molecule has 0 aromatic carbocycles.